The van der Waals surface area contributed by atoms with Crippen LogP contribution in [0.1, 0.15) is 73.1 Å². The van der Waals surface area contributed by atoms with E-state index in [2.05, 4.69) is 21.3 Å². The van der Waals surface area contributed by atoms with Crippen LogP contribution in [0.2, 0.25) is 0 Å². The Morgan fingerprint density at radius 1 is 0.711 bits per heavy atom. The first-order valence-electron chi connectivity index (χ1n) is 14.8. The third-order valence-corrected chi connectivity index (χ3v) is 7.27. The SMILES string of the molecule is CC(N)C(=O)NC(CCC(=O)O)C(=O)NC(CCC(=O)O)C(=O)N1CCCC1C(=O)NC(C(=O)NC(C(=O)O)C(C)C)C(C)C. The van der Waals surface area contributed by atoms with Gasteiger partial charge in [-0.3, -0.25) is 33.6 Å². The van der Waals surface area contributed by atoms with Crippen molar-refractivity contribution in [3.05, 3.63) is 0 Å². The fourth-order valence-corrected chi connectivity index (χ4v) is 4.68. The minimum atomic E-state index is -1.45. The number of nitrogens with one attached hydrogen (secondary N) is 4. The number of carbonyl (C=O) groups excluding carboxylic acids is 5. The predicted octanol–water partition coefficient (Wildman–Crippen LogP) is -1.61. The molecular weight excluding hydrogens is 596 g/mol. The van der Waals surface area contributed by atoms with Gasteiger partial charge < -0.3 is 47.2 Å². The Balaban J connectivity index is 3.20. The molecule has 0 bridgehead atoms. The summed E-state index contributed by atoms with van der Waals surface area (Å²) in [6.07, 6.45) is -1.19. The van der Waals surface area contributed by atoms with Gasteiger partial charge in [0, 0.05) is 19.4 Å². The minimum Gasteiger partial charge on any atom is -0.481 e. The van der Waals surface area contributed by atoms with Crippen molar-refractivity contribution in [3.63, 3.8) is 0 Å². The molecule has 5 amide bonds. The van der Waals surface area contributed by atoms with Crippen molar-refractivity contribution < 1.29 is 53.7 Å². The number of nitrogens with zero attached hydrogens (tertiary/aromatic N) is 1. The van der Waals surface area contributed by atoms with Crippen LogP contribution in [0.5, 0.6) is 0 Å². The maximum absolute atomic E-state index is 13.7. The number of rotatable bonds is 18. The van der Waals surface area contributed by atoms with E-state index in [1.54, 1.807) is 27.7 Å². The lowest BCUT2D eigenvalue weighted by Crippen LogP contribution is -2.60. The first kappa shape index (κ1) is 38.7. The van der Waals surface area contributed by atoms with Gasteiger partial charge in [-0.2, -0.15) is 0 Å². The average Bonchev–Trinajstić information content (AvgIpc) is 3.43. The van der Waals surface area contributed by atoms with Crippen molar-refractivity contribution in [2.75, 3.05) is 6.54 Å². The normalized spacial score (nSPS) is 17.9. The number of amides is 5. The lowest BCUT2D eigenvalue weighted by molar-refractivity contribution is -0.145. The van der Waals surface area contributed by atoms with Crippen molar-refractivity contribution in [1.82, 2.24) is 26.2 Å². The standard InChI is InChI=1S/C28H46N6O11/c1-13(2)21(26(42)33-22(14(3)4)28(44)45)32-25(41)18-7-6-12-34(18)27(43)17(9-11-20(37)38)31-24(40)16(8-10-19(35)36)30-23(39)15(5)29/h13-18,21-22H,6-12,29H2,1-5H3,(H,30,39)(H,31,40)(H,32,41)(H,33,42)(H,35,36)(H,37,38)(H,44,45). The topological polar surface area (TPSA) is 275 Å². The van der Waals surface area contributed by atoms with E-state index in [0.29, 0.717) is 6.42 Å². The number of hydrogen-bond donors (Lipinski definition) is 8. The molecule has 1 heterocycles. The first-order valence-corrected chi connectivity index (χ1v) is 14.8. The molecule has 9 N–H and O–H groups in total. The number of likely N-dealkylation sites (tertiary alicyclic amines) is 1. The summed E-state index contributed by atoms with van der Waals surface area (Å²) in [5.74, 6) is -8.54. The molecule has 0 aromatic rings. The van der Waals surface area contributed by atoms with Gasteiger partial charge >= 0.3 is 17.9 Å². The van der Waals surface area contributed by atoms with Gasteiger partial charge in [-0.25, -0.2) is 4.79 Å². The highest BCUT2D eigenvalue weighted by molar-refractivity contribution is 5.97. The Hall–Kier alpha value is -4.28. The second-order valence-electron chi connectivity index (χ2n) is 11.8. The third-order valence-electron chi connectivity index (χ3n) is 7.27. The summed E-state index contributed by atoms with van der Waals surface area (Å²) < 4.78 is 0. The Morgan fingerprint density at radius 2 is 1.22 bits per heavy atom. The summed E-state index contributed by atoms with van der Waals surface area (Å²) in [5.41, 5.74) is 5.54. The summed E-state index contributed by atoms with van der Waals surface area (Å²) in [4.78, 5) is 101. The molecule has 1 saturated heterocycles. The van der Waals surface area contributed by atoms with Crippen LogP contribution in [-0.2, 0) is 38.4 Å². The molecule has 0 radical (unpaired) electrons. The Bertz CT molecular complexity index is 1130. The average molecular weight is 643 g/mol. The number of hydrogen-bond acceptors (Lipinski definition) is 9. The smallest absolute Gasteiger partial charge is 0.326 e. The van der Waals surface area contributed by atoms with Crippen molar-refractivity contribution >= 4 is 47.4 Å². The van der Waals surface area contributed by atoms with Crippen LogP contribution in [-0.4, -0.2) is 110 Å². The van der Waals surface area contributed by atoms with Gasteiger partial charge in [0.1, 0.15) is 30.2 Å². The molecule has 1 rings (SSSR count). The number of nitrogens with two attached hydrogens (primary N) is 1. The molecule has 0 aromatic heterocycles. The van der Waals surface area contributed by atoms with Crippen LogP contribution in [0.3, 0.4) is 0 Å². The number of carboxylic acid groups (broad SMARTS) is 3. The van der Waals surface area contributed by atoms with Crippen LogP contribution in [0.15, 0.2) is 0 Å². The predicted molar refractivity (Wildman–Crippen MR) is 157 cm³/mol. The maximum atomic E-state index is 13.7. The van der Waals surface area contributed by atoms with Gasteiger partial charge in [0.2, 0.25) is 29.5 Å². The highest BCUT2D eigenvalue weighted by Gasteiger charge is 2.40. The maximum Gasteiger partial charge on any atom is 0.326 e. The molecule has 1 fully saturated rings. The van der Waals surface area contributed by atoms with Crippen LogP contribution >= 0.6 is 0 Å². The lowest BCUT2D eigenvalue weighted by Gasteiger charge is -2.31. The van der Waals surface area contributed by atoms with Crippen molar-refractivity contribution in [2.24, 2.45) is 17.6 Å². The molecule has 17 heteroatoms. The summed E-state index contributed by atoms with van der Waals surface area (Å²) >= 11 is 0. The van der Waals surface area contributed by atoms with Crippen LogP contribution in [0, 0.1) is 11.8 Å². The quantitative estimate of drug-likeness (QED) is 0.0839. The van der Waals surface area contributed by atoms with E-state index in [4.69, 9.17) is 10.8 Å². The molecule has 0 spiro atoms. The molecular formula is C28H46N6O11. The molecule has 0 aliphatic carbocycles. The Morgan fingerprint density at radius 3 is 1.69 bits per heavy atom. The van der Waals surface area contributed by atoms with Gasteiger partial charge in [0.25, 0.3) is 0 Å². The zero-order chi connectivity index (χ0) is 34.6. The highest BCUT2D eigenvalue weighted by Crippen LogP contribution is 2.21. The second-order valence-corrected chi connectivity index (χ2v) is 11.8. The monoisotopic (exact) mass is 642 g/mol. The number of carboxylic acids is 3. The van der Waals surface area contributed by atoms with Crippen molar-refractivity contribution in [1.29, 1.82) is 0 Å². The van der Waals surface area contributed by atoms with Crippen LogP contribution in [0.25, 0.3) is 0 Å². The highest BCUT2D eigenvalue weighted by atomic mass is 16.4. The van der Waals surface area contributed by atoms with E-state index in [9.17, 15) is 48.6 Å². The summed E-state index contributed by atoms with van der Waals surface area (Å²) in [7, 11) is 0. The minimum absolute atomic E-state index is 0.0766. The second kappa shape index (κ2) is 17.9. The largest absolute Gasteiger partial charge is 0.481 e. The fraction of sp³-hybridized carbons (Fsp3) is 0.714. The van der Waals surface area contributed by atoms with E-state index in [-0.39, 0.29) is 25.8 Å². The van der Waals surface area contributed by atoms with Gasteiger partial charge in [-0.05, 0) is 44.4 Å². The summed E-state index contributed by atoms with van der Waals surface area (Å²) in [6.45, 7) is 7.95. The summed E-state index contributed by atoms with van der Waals surface area (Å²) in [6, 6.07) is -7.30. The van der Waals surface area contributed by atoms with E-state index in [1.807, 2.05) is 0 Å². The van der Waals surface area contributed by atoms with Gasteiger partial charge in [0.15, 0.2) is 0 Å². The van der Waals surface area contributed by atoms with Gasteiger partial charge in [-0.15, -0.1) is 0 Å². The van der Waals surface area contributed by atoms with Crippen molar-refractivity contribution in [2.45, 2.75) is 109 Å². The first-order chi connectivity index (χ1) is 20.9. The Kier molecular flexibility index (Phi) is 15.4. The van der Waals surface area contributed by atoms with Crippen LogP contribution < -0.4 is 27.0 Å². The molecule has 6 unspecified atom stereocenters. The van der Waals surface area contributed by atoms with Gasteiger partial charge in [0.05, 0.1) is 6.04 Å². The van der Waals surface area contributed by atoms with E-state index >= 15 is 0 Å². The molecule has 0 saturated carbocycles. The molecule has 17 nitrogen and oxygen atoms in total. The molecule has 1 aliphatic heterocycles. The zero-order valence-electron chi connectivity index (χ0n) is 26.2. The lowest BCUT2D eigenvalue weighted by atomic mass is 9.99. The van der Waals surface area contributed by atoms with E-state index in [1.165, 1.54) is 11.8 Å². The zero-order valence-corrected chi connectivity index (χ0v) is 26.2. The Labute approximate surface area is 261 Å². The van der Waals surface area contributed by atoms with E-state index in [0.717, 1.165) is 0 Å². The fourth-order valence-electron chi connectivity index (χ4n) is 4.68. The number of aliphatic carboxylic acids is 3. The number of carbonyl (C=O) groups is 8. The summed E-state index contributed by atoms with van der Waals surface area (Å²) in [5, 5.41) is 37.5. The third kappa shape index (κ3) is 12.3. The molecule has 1 aliphatic rings. The molecule has 254 valence electrons. The van der Waals surface area contributed by atoms with E-state index < -0.39 is 108 Å². The van der Waals surface area contributed by atoms with Crippen molar-refractivity contribution in [3.8, 4) is 0 Å². The van der Waals surface area contributed by atoms with Crippen LogP contribution in [0.4, 0.5) is 0 Å². The molecule has 45 heavy (non-hydrogen) atoms. The van der Waals surface area contributed by atoms with Gasteiger partial charge in [-0.1, -0.05) is 27.7 Å². The molecule has 6 atom stereocenters. The molecule has 0 aromatic carbocycles.